The summed E-state index contributed by atoms with van der Waals surface area (Å²) in [5.74, 6) is -0.469. The highest BCUT2D eigenvalue weighted by Gasteiger charge is 2.47. The fourth-order valence-electron chi connectivity index (χ4n) is 2.97. The lowest BCUT2D eigenvalue weighted by atomic mass is 10.1. The van der Waals surface area contributed by atoms with Gasteiger partial charge >= 0.3 is 5.97 Å². The molecule has 1 heterocycles. The third-order valence-corrected chi connectivity index (χ3v) is 5.57. The molecule has 0 bridgehead atoms. The van der Waals surface area contributed by atoms with Crippen molar-refractivity contribution in [1.29, 1.82) is 0 Å². The SMILES string of the molecule is CC(=O)O[C@H]1c2c(S(C)(=O)=O)ccc(Oc3cncc(Br)c3)c2[C@H](O)[C@H]1F. The molecule has 0 aliphatic heterocycles. The average molecular weight is 460 g/mol. The first kappa shape index (κ1) is 19.7. The van der Waals surface area contributed by atoms with Crippen molar-refractivity contribution in [3.05, 3.63) is 46.2 Å². The Morgan fingerprint density at radius 1 is 1.30 bits per heavy atom. The van der Waals surface area contributed by atoms with Crippen LogP contribution in [0.3, 0.4) is 0 Å². The molecule has 10 heteroatoms. The quantitative estimate of drug-likeness (QED) is 0.700. The van der Waals surface area contributed by atoms with Gasteiger partial charge in [0.15, 0.2) is 22.1 Å². The first-order valence-electron chi connectivity index (χ1n) is 7.74. The van der Waals surface area contributed by atoms with Crippen LogP contribution in [0, 0.1) is 0 Å². The van der Waals surface area contributed by atoms with E-state index < -0.39 is 34.2 Å². The fraction of sp³-hybridized carbons (Fsp3) is 0.294. The molecule has 3 atom stereocenters. The molecule has 0 saturated carbocycles. The standard InChI is InChI=1S/C17H15BrFNO6S/c1-8(21)25-17-14-12(27(2,23)24)4-3-11(13(14)16(22)15(17)19)26-10-5-9(18)6-20-7-10/h3-7,15-17,22H,1-2H3/t15-,16+,17+/m1/s1. The Labute approximate surface area is 163 Å². The van der Waals surface area contributed by atoms with Crippen LogP contribution in [0.15, 0.2) is 40.0 Å². The molecule has 1 aliphatic rings. The molecule has 1 aromatic heterocycles. The van der Waals surface area contributed by atoms with E-state index in [1.54, 1.807) is 6.07 Å². The second kappa shape index (κ2) is 7.17. The van der Waals surface area contributed by atoms with Crippen molar-refractivity contribution in [2.75, 3.05) is 6.26 Å². The maximum atomic E-state index is 14.7. The van der Waals surface area contributed by atoms with Crippen molar-refractivity contribution in [3.63, 3.8) is 0 Å². The van der Waals surface area contributed by atoms with E-state index in [2.05, 4.69) is 20.9 Å². The summed E-state index contributed by atoms with van der Waals surface area (Å²) in [6, 6.07) is 4.15. The van der Waals surface area contributed by atoms with Gasteiger partial charge in [0, 0.05) is 35.0 Å². The summed E-state index contributed by atoms with van der Waals surface area (Å²) in [6.45, 7) is 1.07. The molecule has 2 aromatic rings. The summed E-state index contributed by atoms with van der Waals surface area (Å²) < 4.78 is 50.3. The first-order valence-corrected chi connectivity index (χ1v) is 10.4. The number of hydrogen-bond donors (Lipinski definition) is 1. The second-order valence-corrected chi connectivity index (χ2v) is 8.92. The molecule has 0 saturated heterocycles. The van der Waals surface area contributed by atoms with Crippen molar-refractivity contribution in [2.45, 2.75) is 30.2 Å². The molecule has 1 aliphatic carbocycles. The number of aliphatic hydroxyl groups is 1. The van der Waals surface area contributed by atoms with Crippen LogP contribution >= 0.6 is 15.9 Å². The minimum Gasteiger partial charge on any atom is -0.455 e. The molecule has 0 radical (unpaired) electrons. The summed E-state index contributed by atoms with van der Waals surface area (Å²) in [6.07, 6.45) is -1.42. The highest BCUT2D eigenvalue weighted by molar-refractivity contribution is 9.10. The van der Waals surface area contributed by atoms with Crippen LogP contribution in [0.1, 0.15) is 30.3 Å². The number of ether oxygens (including phenoxy) is 2. The second-order valence-electron chi connectivity index (χ2n) is 6.02. The van der Waals surface area contributed by atoms with Crippen LogP contribution in [0.2, 0.25) is 0 Å². The molecule has 0 amide bonds. The number of hydrogen-bond acceptors (Lipinski definition) is 7. The van der Waals surface area contributed by atoms with Crippen molar-refractivity contribution in [3.8, 4) is 11.5 Å². The largest absolute Gasteiger partial charge is 0.455 e. The summed E-state index contributed by atoms with van der Waals surface area (Å²) in [7, 11) is -3.78. The normalized spacial score (nSPS) is 21.6. The highest BCUT2D eigenvalue weighted by atomic mass is 79.9. The molecule has 3 rings (SSSR count). The van der Waals surface area contributed by atoms with Gasteiger partial charge in [-0.3, -0.25) is 9.78 Å². The number of carbonyl (C=O) groups is 1. The summed E-state index contributed by atoms with van der Waals surface area (Å²) in [4.78, 5) is 15.1. The van der Waals surface area contributed by atoms with Gasteiger partial charge in [0.05, 0.1) is 11.1 Å². The number of aliphatic hydroxyl groups excluding tert-OH is 1. The number of pyridine rings is 1. The molecule has 0 spiro atoms. The zero-order chi connectivity index (χ0) is 19.9. The number of rotatable bonds is 4. The molecule has 1 N–H and O–H groups in total. The number of benzene rings is 1. The van der Waals surface area contributed by atoms with Crippen LogP contribution in [0.25, 0.3) is 0 Å². The lowest BCUT2D eigenvalue weighted by Crippen LogP contribution is -2.19. The summed E-state index contributed by atoms with van der Waals surface area (Å²) >= 11 is 3.25. The third-order valence-electron chi connectivity index (χ3n) is 3.98. The Hall–Kier alpha value is -2.04. The maximum absolute atomic E-state index is 14.7. The first-order chi connectivity index (χ1) is 12.6. The van der Waals surface area contributed by atoms with E-state index in [1.807, 2.05) is 0 Å². The van der Waals surface area contributed by atoms with Gasteiger partial charge in [-0.2, -0.15) is 0 Å². The van der Waals surface area contributed by atoms with Crippen LogP contribution in [0.5, 0.6) is 11.5 Å². The maximum Gasteiger partial charge on any atom is 0.303 e. The molecule has 0 fully saturated rings. The van der Waals surface area contributed by atoms with Crippen molar-refractivity contribution >= 4 is 31.7 Å². The molecule has 27 heavy (non-hydrogen) atoms. The van der Waals surface area contributed by atoms with Gasteiger partial charge in [-0.1, -0.05) is 0 Å². The third kappa shape index (κ3) is 3.83. The number of aromatic nitrogens is 1. The number of carbonyl (C=O) groups excluding carboxylic acids is 1. The minimum atomic E-state index is -3.78. The monoisotopic (exact) mass is 459 g/mol. The average Bonchev–Trinajstić information content (AvgIpc) is 2.79. The van der Waals surface area contributed by atoms with E-state index in [0.29, 0.717) is 4.47 Å². The lowest BCUT2D eigenvalue weighted by Gasteiger charge is -2.17. The fourth-order valence-corrected chi connectivity index (χ4v) is 4.25. The Kier molecular flexibility index (Phi) is 5.24. The number of halogens is 2. The predicted octanol–water partition coefficient (Wildman–Crippen LogP) is 3.03. The number of esters is 1. The van der Waals surface area contributed by atoms with E-state index in [1.165, 1.54) is 24.5 Å². The number of nitrogens with zero attached hydrogens (tertiary/aromatic N) is 1. The molecule has 0 unspecified atom stereocenters. The van der Waals surface area contributed by atoms with E-state index in [-0.39, 0.29) is 27.5 Å². The highest BCUT2D eigenvalue weighted by Crippen LogP contribution is 2.50. The van der Waals surface area contributed by atoms with Gasteiger partial charge in [-0.25, -0.2) is 12.8 Å². The number of sulfone groups is 1. The van der Waals surface area contributed by atoms with Gasteiger partial charge in [-0.05, 0) is 34.1 Å². The summed E-state index contributed by atoms with van der Waals surface area (Å²) in [5.41, 5.74) is -0.190. The Morgan fingerprint density at radius 2 is 2.00 bits per heavy atom. The smallest absolute Gasteiger partial charge is 0.303 e. The Balaban J connectivity index is 2.19. The van der Waals surface area contributed by atoms with Crippen molar-refractivity contribution in [1.82, 2.24) is 4.98 Å². The number of fused-ring (bicyclic) bond motifs is 1. The van der Waals surface area contributed by atoms with Crippen LogP contribution in [-0.2, 0) is 19.4 Å². The topological polar surface area (TPSA) is 103 Å². The van der Waals surface area contributed by atoms with E-state index in [4.69, 9.17) is 9.47 Å². The Morgan fingerprint density at radius 3 is 2.59 bits per heavy atom. The minimum absolute atomic E-state index is 0.0436. The lowest BCUT2D eigenvalue weighted by molar-refractivity contribution is -0.151. The molecule has 1 aromatic carbocycles. The molecule has 144 valence electrons. The van der Waals surface area contributed by atoms with Gasteiger partial charge in [0.2, 0.25) is 0 Å². The zero-order valence-electron chi connectivity index (χ0n) is 14.2. The van der Waals surface area contributed by atoms with E-state index in [9.17, 15) is 22.7 Å². The zero-order valence-corrected chi connectivity index (χ0v) is 16.6. The summed E-state index contributed by atoms with van der Waals surface area (Å²) in [5, 5.41) is 10.4. The van der Waals surface area contributed by atoms with E-state index >= 15 is 0 Å². The van der Waals surface area contributed by atoms with Crippen LogP contribution in [0.4, 0.5) is 4.39 Å². The molecular weight excluding hydrogens is 445 g/mol. The molecular formula is C17H15BrFNO6S. The van der Waals surface area contributed by atoms with Crippen molar-refractivity contribution < 1.29 is 32.2 Å². The van der Waals surface area contributed by atoms with Crippen LogP contribution < -0.4 is 4.74 Å². The Bertz CT molecular complexity index is 1010. The van der Waals surface area contributed by atoms with Gasteiger partial charge in [0.1, 0.15) is 17.6 Å². The van der Waals surface area contributed by atoms with Crippen LogP contribution in [-0.4, -0.2) is 36.9 Å². The van der Waals surface area contributed by atoms with Gasteiger partial charge in [0.25, 0.3) is 0 Å². The predicted molar refractivity (Wildman–Crippen MR) is 95.9 cm³/mol. The molecule has 7 nitrogen and oxygen atoms in total. The van der Waals surface area contributed by atoms with E-state index in [0.717, 1.165) is 13.2 Å². The van der Waals surface area contributed by atoms with Crippen molar-refractivity contribution in [2.24, 2.45) is 0 Å². The number of alkyl halides is 1. The van der Waals surface area contributed by atoms with Gasteiger partial charge in [-0.15, -0.1) is 0 Å². The van der Waals surface area contributed by atoms with Gasteiger partial charge < -0.3 is 14.6 Å².